The highest BCUT2D eigenvalue weighted by atomic mass is 32.1. The molecule has 0 radical (unpaired) electrons. The first kappa shape index (κ1) is 21.2. The monoisotopic (exact) mass is 438 g/mol. The fourth-order valence-electron chi connectivity index (χ4n) is 3.35. The van der Waals surface area contributed by atoms with E-state index in [4.69, 9.17) is 10.1 Å². The summed E-state index contributed by atoms with van der Waals surface area (Å²) in [6.45, 7) is 10.7. The van der Waals surface area contributed by atoms with Crippen LogP contribution in [-0.2, 0) is 18.6 Å². The summed E-state index contributed by atoms with van der Waals surface area (Å²) in [6, 6.07) is 7.82. The zero-order valence-corrected chi connectivity index (χ0v) is 19.3. The van der Waals surface area contributed by atoms with Gasteiger partial charge in [-0.3, -0.25) is 0 Å². The molecule has 4 rings (SSSR count). The van der Waals surface area contributed by atoms with E-state index >= 15 is 0 Å². The molecule has 0 atom stereocenters. The Morgan fingerprint density at radius 3 is 2.65 bits per heavy atom. The molecule has 0 saturated heterocycles. The molecule has 8 heteroatoms. The van der Waals surface area contributed by atoms with E-state index in [9.17, 15) is 4.39 Å². The molecule has 0 unspecified atom stereocenters. The second-order valence-corrected chi connectivity index (χ2v) is 9.40. The SMILES string of the molecule is CCn1nc(C(C)(C)C)cc1Nc1nc(-c2ccc(-n3cnc(C)c3)c(CF)c2)cs1. The zero-order chi connectivity index (χ0) is 22.2. The number of nitrogens with zero attached hydrogens (tertiary/aromatic N) is 5. The maximum absolute atomic E-state index is 13.8. The second kappa shape index (κ2) is 8.26. The van der Waals surface area contributed by atoms with E-state index in [-0.39, 0.29) is 5.41 Å². The van der Waals surface area contributed by atoms with Crippen molar-refractivity contribution >= 4 is 22.3 Å². The third kappa shape index (κ3) is 4.39. The van der Waals surface area contributed by atoms with Crippen molar-refractivity contribution in [3.05, 3.63) is 59.1 Å². The molecule has 31 heavy (non-hydrogen) atoms. The van der Waals surface area contributed by atoms with Gasteiger partial charge in [-0.05, 0) is 26.0 Å². The smallest absolute Gasteiger partial charge is 0.188 e. The van der Waals surface area contributed by atoms with Crippen LogP contribution in [0.1, 0.15) is 44.6 Å². The summed E-state index contributed by atoms with van der Waals surface area (Å²) in [5.74, 6) is 0.920. The summed E-state index contributed by atoms with van der Waals surface area (Å²) >= 11 is 1.52. The summed E-state index contributed by atoms with van der Waals surface area (Å²) in [4.78, 5) is 8.97. The van der Waals surface area contributed by atoms with E-state index in [0.29, 0.717) is 5.56 Å². The molecule has 0 spiro atoms. The Hall–Kier alpha value is -3.00. The number of thiazole rings is 1. The van der Waals surface area contributed by atoms with Crippen molar-refractivity contribution in [1.29, 1.82) is 0 Å². The third-order valence-corrected chi connectivity index (χ3v) is 5.85. The molecule has 1 aromatic carbocycles. The molecule has 6 nitrogen and oxygen atoms in total. The Bertz CT molecular complexity index is 1200. The Labute approximate surface area is 185 Å². The molecule has 0 fully saturated rings. The average Bonchev–Trinajstić information content (AvgIpc) is 3.47. The minimum Gasteiger partial charge on any atom is -0.316 e. The first-order valence-electron chi connectivity index (χ1n) is 10.3. The second-order valence-electron chi connectivity index (χ2n) is 8.54. The van der Waals surface area contributed by atoms with Gasteiger partial charge in [0, 0.05) is 40.7 Å². The minimum absolute atomic E-state index is 0.0246. The Morgan fingerprint density at radius 2 is 2.00 bits per heavy atom. The third-order valence-electron chi connectivity index (χ3n) is 5.10. The molecule has 3 heterocycles. The van der Waals surface area contributed by atoms with Gasteiger partial charge in [0.25, 0.3) is 0 Å². The predicted octanol–water partition coefficient (Wildman–Crippen LogP) is 6.03. The summed E-state index contributed by atoms with van der Waals surface area (Å²) in [5.41, 5.74) is 5.00. The van der Waals surface area contributed by atoms with Crippen molar-refractivity contribution in [2.24, 2.45) is 0 Å². The molecule has 3 aromatic heterocycles. The van der Waals surface area contributed by atoms with Crippen LogP contribution in [0.3, 0.4) is 0 Å². The number of hydrogen-bond acceptors (Lipinski definition) is 5. The first-order chi connectivity index (χ1) is 14.8. The number of benzene rings is 1. The van der Waals surface area contributed by atoms with Crippen molar-refractivity contribution < 1.29 is 4.39 Å². The normalized spacial score (nSPS) is 11.8. The molecule has 4 aromatic rings. The van der Waals surface area contributed by atoms with Crippen molar-refractivity contribution in [1.82, 2.24) is 24.3 Å². The van der Waals surface area contributed by atoms with Crippen molar-refractivity contribution in [3.63, 3.8) is 0 Å². The minimum atomic E-state index is -0.555. The van der Waals surface area contributed by atoms with E-state index in [1.54, 1.807) is 6.33 Å². The predicted molar refractivity (Wildman–Crippen MR) is 124 cm³/mol. The summed E-state index contributed by atoms with van der Waals surface area (Å²) in [7, 11) is 0. The van der Waals surface area contributed by atoms with Crippen LogP contribution in [0.15, 0.2) is 42.2 Å². The van der Waals surface area contributed by atoms with E-state index in [2.05, 4.69) is 44.1 Å². The summed E-state index contributed by atoms with van der Waals surface area (Å²) in [5, 5.41) is 10.9. The number of imidazole rings is 1. The quantitative estimate of drug-likeness (QED) is 0.399. The lowest BCUT2D eigenvalue weighted by Crippen LogP contribution is -2.12. The lowest BCUT2D eigenvalue weighted by atomic mass is 9.92. The van der Waals surface area contributed by atoms with Gasteiger partial charge in [-0.15, -0.1) is 11.3 Å². The molecular formula is C23H27FN6S. The molecule has 162 valence electrons. The van der Waals surface area contributed by atoms with Crippen LogP contribution in [0.25, 0.3) is 16.9 Å². The van der Waals surface area contributed by atoms with Gasteiger partial charge in [0.05, 0.1) is 29.1 Å². The van der Waals surface area contributed by atoms with Gasteiger partial charge in [-0.1, -0.05) is 26.8 Å². The Kier molecular flexibility index (Phi) is 5.66. The number of aromatic nitrogens is 5. The first-order valence-corrected chi connectivity index (χ1v) is 11.2. The summed E-state index contributed by atoms with van der Waals surface area (Å²) < 4.78 is 17.6. The van der Waals surface area contributed by atoms with Gasteiger partial charge in [-0.2, -0.15) is 5.10 Å². The highest BCUT2D eigenvalue weighted by molar-refractivity contribution is 7.14. The highest BCUT2D eigenvalue weighted by Crippen LogP contribution is 2.31. The largest absolute Gasteiger partial charge is 0.316 e. The number of halogens is 1. The van der Waals surface area contributed by atoms with Crippen molar-refractivity contribution in [3.8, 4) is 16.9 Å². The van der Waals surface area contributed by atoms with Crippen LogP contribution in [0.5, 0.6) is 0 Å². The molecule has 0 aliphatic rings. The Morgan fingerprint density at radius 1 is 1.19 bits per heavy atom. The average molecular weight is 439 g/mol. The molecule has 0 bridgehead atoms. The van der Waals surface area contributed by atoms with Gasteiger partial charge in [0.1, 0.15) is 12.5 Å². The highest BCUT2D eigenvalue weighted by Gasteiger charge is 2.20. The van der Waals surface area contributed by atoms with E-state index in [1.165, 1.54) is 11.3 Å². The fourth-order valence-corrected chi connectivity index (χ4v) is 4.08. The molecule has 0 aliphatic heterocycles. The number of alkyl halides is 1. The molecule has 0 amide bonds. The molecule has 0 aliphatic carbocycles. The molecule has 1 N–H and O–H groups in total. The topological polar surface area (TPSA) is 60.6 Å². The van der Waals surface area contributed by atoms with Crippen LogP contribution >= 0.6 is 11.3 Å². The van der Waals surface area contributed by atoms with Gasteiger partial charge in [-0.25, -0.2) is 19.0 Å². The van der Waals surface area contributed by atoms with Crippen LogP contribution in [0, 0.1) is 6.92 Å². The van der Waals surface area contributed by atoms with Crippen molar-refractivity contribution in [2.45, 2.75) is 53.3 Å². The van der Waals surface area contributed by atoms with E-state index < -0.39 is 6.67 Å². The standard InChI is InChI=1S/C23H27FN6S/c1-6-30-21(10-20(28-30)23(3,4)5)27-22-26-18(13-31-22)16-7-8-19(17(9-16)11-24)29-12-15(2)25-14-29/h7-10,12-14H,6,11H2,1-5H3,(H,26,27). The van der Waals surface area contributed by atoms with Crippen molar-refractivity contribution in [2.75, 3.05) is 5.32 Å². The van der Waals surface area contributed by atoms with E-state index in [1.807, 2.05) is 45.9 Å². The number of aryl methyl sites for hydroxylation is 2. The number of hydrogen-bond donors (Lipinski definition) is 1. The maximum Gasteiger partial charge on any atom is 0.188 e. The van der Waals surface area contributed by atoms with Crippen LogP contribution in [0.2, 0.25) is 0 Å². The van der Waals surface area contributed by atoms with Gasteiger partial charge >= 0.3 is 0 Å². The van der Waals surface area contributed by atoms with E-state index in [0.717, 1.165) is 45.8 Å². The number of anilines is 2. The molecule has 0 saturated carbocycles. The van der Waals surface area contributed by atoms with Gasteiger partial charge in [0.2, 0.25) is 0 Å². The number of rotatable bonds is 6. The van der Waals surface area contributed by atoms with Crippen LogP contribution in [0.4, 0.5) is 15.3 Å². The van der Waals surface area contributed by atoms with Crippen LogP contribution in [-0.4, -0.2) is 24.3 Å². The summed E-state index contributed by atoms with van der Waals surface area (Å²) in [6.07, 6.45) is 3.60. The fraction of sp³-hybridized carbons (Fsp3) is 0.348. The zero-order valence-electron chi connectivity index (χ0n) is 18.5. The number of nitrogens with one attached hydrogen (secondary N) is 1. The Balaban J connectivity index is 1.60. The van der Waals surface area contributed by atoms with Gasteiger partial charge < -0.3 is 9.88 Å². The molecular weight excluding hydrogens is 411 g/mol. The van der Waals surface area contributed by atoms with Gasteiger partial charge in [0.15, 0.2) is 5.13 Å². The van der Waals surface area contributed by atoms with Crippen LogP contribution < -0.4 is 5.32 Å². The lowest BCUT2D eigenvalue weighted by molar-refractivity contribution is 0.484. The maximum atomic E-state index is 13.8. The lowest BCUT2D eigenvalue weighted by Gasteiger charge is -2.13.